The van der Waals surface area contributed by atoms with Crippen molar-refractivity contribution in [2.45, 2.75) is 24.6 Å². The van der Waals surface area contributed by atoms with Crippen LogP contribution in [0.3, 0.4) is 0 Å². The van der Waals surface area contributed by atoms with Crippen LogP contribution in [0, 0.1) is 0 Å². The van der Waals surface area contributed by atoms with E-state index in [4.69, 9.17) is 14.6 Å². The Morgan fingerprint density at radius 2 is 1.83 bits per heavy atom. The van der Waals surface area contributed by atoms with Gasteiger partial charge in [-0.15, -0.1) is 0 Å². The topological polar surface area (TPSA) is 96.2 Å². The van der Waals surface area contributed by atoms with Crippen LogP contribution in [0.5, 0.6) is 0 Å². The number of ether oxygens (including phenoxy) is 2. The lowest BCUT2D eigenvalue weighted by molar-refractivity contribution is -0.133. The average Bonchev–Trinajstić information content (AvgIpc) is 2.64. The summed E-state index contributed by atoms with van der Waals surface area (Å²) in [4.78, 5) is 11.6. The van der Waals surface area contributed by atoms with Crippen LogP contribution in [0.15, 0.2) is 30.3 Å². The van der Waals surface area contributed by atoms with Crippen LogP contribution in [0.2, 0.25) is 0 Å². The number of aliphatic hydroxyl groups is 3. The quantitative estimate of drug-likeness (QED) is 0.616. The Morgan fingerprint density at radius 1 is 1.17 bits per heavy atom. The largest absolute Gasteiger partial charge is 0.459 e. The molecule has 0 aromatic heterocycles. The Hall–Kier alpha value is -1.47. The maximum absolute atomic E-state index is 11.6. The summed E-state index contributed by atoms with van der Waals surface area (Å²) in [7, 11) is 0. The minimum atomic E-state index is -1.46. The van der Waals surface area contributed by atoms with Gasteiger partial charge in [-0.3, -0.25) is 0 Å². The van der Waals surface area contributed by atoms with Gasteiger partial charge in [0.2, 0.25) is 0 Å². The molecule has 18 heavy (non-hydrogen) atoms. The van der Waals surface area contributed by atoms with Crippen LogP contribution in [0.1, 0.15) is 10.4 Å². The third kappa shape index (κ3) is 2.68. The van der Waals surface area contributed by atoms with Gasteiger partial charge >= 0.3 is 5.97 Å². The Kier molecular flexibility index (Phi) is 3.93. The van der Waals surface area contributed by atoms with E-state index in [0.717, 1.165) is 0 Å². The highest BCUT2D eigenvalue weighted by atomic mass is 16.7. The number of benzene rings is 1. The molecule has 0 unspecified atom stereocenters. The number of esters is 1. The zero-order valence-electron chi connectivity index (χ0n) is 9.47. The molecule has 6 nitrogen and oxygen atoms in total. The predicted molar refractivity (Wildman–Crippen MR) is 59.6 cm³/mol. The third-order valence-electron chi connectivity index (χ3n) is 2.73. The molecule has 0 aliphatic carbocycles. The zero-order valence-corrected chi connectivity index (χ0v) is 9.47. The number of hydrogen-bond acceptors (Lipinski definition) is 6. The minimum Gasteiger partial charge on any atom is -0.459 e. The van der Waals surface area contributed by atoms with Crippen molar-refractivity contribution in [3.05, 3.63) is 35.9 Å². The first-order valence-corrected chi connectivity index (χ1v) is 5.51. The highest BCUT2D eigenvalue weighted by Gasteiger charge is 2.42. The van der Waals surface area contributed by atoms with Crippen molar-refractivity contribution in [3.8, 4) is 0 Å². The fourth-order valence-corrected chi connectivity index (χ4v) is 1.68. The molecule has 1 aliphatic rings. The van der Waals surface area contributed by atoms with Gasteiger partial charge in [-0.05, 0) is 12.1 Å². The van der Waals surface area contributed by atoms with Crippen LogP contribution >= 0.6 is 0 Å². The molecule has 6 heteroatoms. The molecule has 2 rings (SSSR count). The molecule has 98 valence electrons. The summed E-state index contributed by atoms with van der Waals surface area (Å²) in [6.07, 6.45) is -5.04. The van der Waals surface area contributed by atoms with Crippen molar-refractivity contribution in [2.75, 3.05) is 6.61 Å². The van der Waals surface area contributed by atoms with Gasteiger partial charge in [0, 0.05) is 0 Å². The van der Waals surface area contributed by atoms with E-state index in [1.54, 1.807) is 30.3 Å². The summed E-state index contributed by atoms with van der Waals surface area (Å²) in [5.74, 6) is -0.553. The highest BCUT2D eigenvalue weighted by molar-refractivity contribution is 5.89. The second kappa shape index (κ2) is 5.45. The average molecular weight is 254 g/mol. The molecule has 0 spiro atoms. The Labute approximate surface area is 103 Å². The first kappa shape index (κ1) is 13.0. The molecule has 3 N–H and O–H groups in total. The van der Waals surface area contributed by atoms with Gasteiger partial charge in [-0.25, -0.2) is 4.79 Å². The van der Waals surface area contributed by atoms with Gasteiger partial charge in [0.15, 0.2) is 6.29 Å². The summed E-state index contributed by atoms with van der Waals surface area (Å²) in [6, 6.07) is 8.36. The van der Waals surface area contributed by atoms with E-state index in [-0.39, 0.29) is 6.61 Å². The van der Waals surface area contributed by atoms with Crippen molar-refractivity contribution in [3.63, 3.8) is 0 Å². The number of aliphatic hydroxyl groups excluding tert-OH is 3. The molecule has 1 aromatic rings. The van der Waals surface area contributed by atoms with E-state index < -0.39 is 30.6 Å². The molecule has 1 heterocycles. The minimum absolute atomic E-state index is 0.233. The molecule has 1 saturated heterocycles. The van der Waals surface area contributed by atoms with Gasteiger partial charge in [0.05, 0.1) is 5.56 Å². The van der Waals surface area contributed by atoms with E-state index in [1.807, 2.05) is 0 Å². The standard InChI is InChI=1S/C12H14O6/c13-9-8(18-12(16)10(9)14)6-17-11(15)7-4-2-1-3-5-7/h1-5,8-10,12-14,16H,6H2/t8-,9-,10+,12-/m1/s1. The van der Waals surface area contributed by atoms with E-state index in [1.165, 1.54) is 0 Å². The Bertz CT molecular complexity index is 406. The predicted octanol–water partition coefficient (Wildman–Crippen LogP) is -0.718. The number of carbonyl (C=O) groups excluding carboxylic acids is 1. The number of rotatable bonds is 3. The molecule has 1 fully saturated rings. The normalized spacial score (nSPS) is 31.3. The lowest BCUT2D eigenvalue weighted by Gasteiger charge is -2.14. The summed E-state index contributed by atoms with van der Waals surface area (Å²) in [6.45, 7) is -0.233. The van der Waals surface area contributed by atoms with Crippen molar-refractivity contribution in [1.82, 2.24) is 0 Å². The number of hydrogen-bond donors (Lipinski definition) is 3. The van der Waals surface area contributed by atoms with Crippen molar-refractivity contribution < 1.29 is 29.6 Å². The van der Waals surface area contributed by atoms with Crippen molar-refractivity contribution >= 4 is 5.97 Å². The molecule has 0 bridgehead atoms. The highest BCUT2D eigenvalue weighted by Crippen LogP contribution is 2.20. The maximum atomic E-state index is 11.6. The third-order valence-corrected chi connectivity index (χ3v) is 2.73. The van der Waals surface area contributed by atoms with Gasteiger partial charge in [-0.2, -0.15) is 0 Å². The van der Waals surface area contributed by atoms with E-state index in [0.29, 0.717) is 5.56 Å². The molecule has 0 amide bonds. The summed E-state index contributed by atoms with van der Waals surface area (Å²) >= 11 is 0. The van der Waals surface area contributed by atoms with Crippen molar-refractivity contribution in [2.24, 2.45) is 0 Å². The van der Waals surface area contributed by atoms with Gasteiger partial charge in [0.25, 0.3) is 0 Å². The summed E-state index contributed by atoms with van der Waals surface area (Å²) < 4.78 is 9.78. The van der Waals surface area contributed by atoms with Crippen LogP contribution in [0.25, 0.3) is 0 Å². The fraction of sp³-hybridized carbons (Fsp3) is 0.417. The molecule has 0 saturated carbocycles. The molecular formula is C12H14O6. The van der Waals surface area contributed by atoms with Crippen LogP contribution in [0.4, 0.5) is 0 Å². The van der Waals surface area contributed by atoms with E-state index in [2.05, 4.69) is 0 Å². The van der Waals surface area contributed by atoms with Gasteiger partial charge in [0.1, 0.15) is 24.9 Å². The smallest absolute Gasteiger partial charge is 0.338 e. The lowest BCUT2D eigenvalue weighted by atomic mass is 10.1. The second-order valence-corrected chi connectivity index (χ2v) is 4.01. The van der Waals surface area contributed by atoms with Crippen molar-refractivity contribution in [1.29, 1.82) is 0 Å². The molecule has 1 aromatic carbocycles. The van der Waals surface area contributed by atoms with Gasteiger partial charge < -0.3 is 24.8 Å². The maximum Gasteiger partial charge on any atom is 0.338 e. The van der Waals surface area contributed by atoms with E-state index in [9.17, 15) is 15.0 Å². The fourth-order valence-electron chi connectivity index (χ4n) is 1.68. The SMILES string of the molecule is O=C(OC[C@H]1O[C@@H](O)[C@@H](O)[C@@H]1O)c1ccccc1. The number of carbonyl (C=O) groups is 1. The second-order valence-electron chi connectivity index (χ2n) is 4.01. The monoisotopic (exact) mass is 254 g/mol. The van der Waals surface area contributed by atoms with Crippen LogP contribution in [-0.4, -0.2) is 52.5 Å². The summed E-state index contributed by atoms with van der Waals surface area (Å²) in [5.41, 5.74) is 0.381. The lowest BCUT2D eigenvalue weighted by Crippen LogP contribution is -2.34. The molecule has 4 atom stereocenters. The summed E-state index contributed by atoms with van der Waals surface area (Å²) in [5, 5.41) is 27.9. The molecule has 1 aliphatic heterocycles. The molecular weight excluding hydrogens is 240 g/mol. The van der Waals surface area contributed by atoms with Crippen LogP contribution in [-0.2, 0) is 9.47 Å². The van der Waals surface area contributed by atoms with E-state index >= 15 is 0 Å². The van der Waals surface area contributed by atoms with Crippen LogP contribution < -0.4 is 0 Å². The Morgan fingerprint density at radius 3 is 2.39 bits per heavy atom. The zero-order chi connectivity index (χ0) is 13.1. The van der Waals surface area contributed by atoms with Gasteiger partial charge in [-0.1, -0.05) is 18.2 Å². The molecule has 0 radical (unpaired) electrons. The first-order chi connectivity index (χ1) is 8.59. The Balaban J connectivity index is 1.88. The first-order valence-electron chi connectivity index (χ1n) is 5.51.